The van der Waals surface area contributed by atoms with Gasteiger partial charge in [-0.3, -0.25) is 0 Å². The molecule has 0 rings (SSSR count). The van der Waals surface area contributed by atoms with Gasteiger partial charge in [0.15, 0.2) is 6.17 Å². The molecule has 0 fully saturated rings. The Morgan fingerprint density at radius 1 is 0.792 bits per heavy atom. The summed E-state index contributed by atoms with van der Waals surface area (Å²) < 4.78 is 94.3. The highest BCUT2D eigenvalue weighted by atomic mass is 28.4. The van der Waals surface area contributed by atoms with Crippen molar-refractivity contribution < 1.29 is 39.6 Å². The van der Waals surface area contributed by atoms with Crippen molar-refractivity contribution in [2.75, 3.05) is 19.8 Å². The second-order valence-corrected chi connectivity index (χ2v) is 7.81. The van der Waals surface area contributed by atoms with Crippen LogP contribution in [0.25, 0.3) is 0 Å². The minimum Gasteiger partial charge on any atom is -0.370 e. The molecule has 0 N–H and O–H groups in total. The van der Waals surface area contributed by atoms with Gasteiger partial charge in [-0.05, 0) is 33.6 Å². The van der Waals surface area contributed by atoms with Crippen LogP contribution in [0.3, 0.4) is 0 Å². The van der Waals surface area contributed by atoms with Gasteiger partial charge in [-0.25, -0.2) is 4.39 Å². The van der Waals surface area contributed by atoms with Gasteiger partial charge in [-0.2, -0.15) is 22.0 Å². The number of hydrogen-bond acceptors (Lipinski definition) is 3. The summed E-state index contributed by atoms with van der Waals surface area (Å²) in [5, 5.41) is 0. The van der Waals surface area contributed by atoms with E-state index in [1.54, 1.807) is 0 Å². The summed E-state index contributed by atoms with van der Waals surface area (Å²) >= 11 is 0. The molecular formula is C14H26F6O3Si. The third-order valence-corrected chi connectivity index (χ3v) is 6.36. The molecular weight excluding hydrogens is 358 g/mol. The first-order valence-corrected chi connectivity index (χ1v) is 9.79. The Morgan fingerprint density at radius 2 is 1.25 bits per heavy atom. The largest absolute Gasteiger partial charge is 0.577 e. The van der Waals surface area contributed by atoms with E-state index in [-0.39, 0.29) is 39.1 Å². The fraction of sp³-hybridized carbons (Fsp3) is 1.00. The molecule has 3 nitrogen and oxygen atoms in total. The average Bonchev–Trinajstić information content (AvgIpc) is 2.46. The molecule has 146 valence electrons. The van der Waals surface area contributed by atoms with Gasteiger partial charge in [0.2, 0.25) is 0 Å². The summed E-state index contributed by atoms with van der Waals surface area (Å²) in [6.07, 6.45) is -8.75. The van der Waals surface area contributed by atoms with Gasteiger partial charge in [-0.15, -0.1) is 0 Å². The van der Waals surface area contributed by atoms with Crippen LogP contribution in [0.15, 0.2) is 0 Å². The first-order valence-electron chi connectivity index (χ1n) is 8.06. The normalized spacial score (nSPS) is 14.9. The summed E-state index contributed by atoms with van der Waals surface area (Å²) in [5.41, 5.74) is -3.96. The van der Waals surface area contributed by atoms with Crippen LogP contribution >= 0.6 is 0 Å². The molecule has 10 heteroatoms. The van der Waals surface area contributed by atoms with Crippen molar-refractivity contribution in [1.29, 1.82) is 0 Å². The lowest BCUT2D eigenvalue weighted by Crippen LogP contribution is -2.64. The van der Waals surface area contributed by atoms with Crippen LogP contribution in [0.4, 0.5) is 26.3 Å². The molecule has 0 bridgehead atoms. The molecule has 0 aromatic carbocycles. The number of hydrogen-bond donors (Lipinski definition) is 0. The third kappa shape index (κ3) is 7.28. The molecule has 0 aliphatic heterocycles. The van der Waals surface area contributed by atoms with Crippen molar-refractivity contribution >= 4 is 8.80 Å². The van der Waals surface area contributed by atoms with Crippen LogP contribution in [0.2, 0.25) is 0 Å². The molecule has 0 aromatic rings. The van der Waals surface area contributed by atoms with Gasteiger partial charge in [-0.1, -0.05) is 12.8 Å². The van der Waals surface area contributed by atoms with Gasteiger partial charge >= 0.3 is 20.5 Å². The highest BCUT2D eigenvalue weighted by Gasteiger charge is 2.68. The standard InChI is InChI=1S/C14H26F6O3Si/c1-4-21-24(22-5-2,23-6-3)14(19,20)12(15)10-8-7-9-11-13(16,17)18/h12H,4-11H2,1-3H3. The fourth-order valence-corrected chi connectivity index (χ4v) is 4.68. The molecule has 0 aliphatic carbocycles. The van der Waals surface area contributed by atoms with E-state index in [0.29, 0.717) is 0 Å². The minimum atomic E-state index is -4.57. The van der Waals surface area contributed by atoms with E-state index in [2.05, 4.69) is 0 Å². The predicted octanol–water partition coefficient (Wildman–Crippen LogP) is 5.06. The Labute approximate surface area is 140 Å². The Morgan fingerprint density at radius 3 is 1.62 bits per heavy atom. The maximum absolute atomic E-state index is 14.5. The zero-order chi connectivity index (χ0) is 18.9. The lowest BCUT2D eigenvalue weighted by molar-refractivity contribution is -0.135. The summed E-state index contributed by atoms with van der Waals surface area (Å²) in [4.78, 5) is 0. The van der Waals surface area contributed by atoms with E-state index in [9.17, 15) is 26.3 Å². The minimum absolute atomic E-state index is 0.0163. The smallest absolute Gasteiger partial charge is 0.370 e. The van der Waals surface area contributed by atoms with Crippen molar-refractivity contribution in [3.05, 3.63) is 0 Å². The first-order chi connectivity index (χ1) is 11.1. The molecule has 0 radical (unpaired) electrons. The SMILES string of the molecule is CCO[Si](OCC)(OCC)C(F)(F)C(F)CCCCCC(F)(F)F. The average molecular weight is 384 g/mol. The number of rotatable bonds is 13. The van der Waals surface area contributed by atoms with E-state index in [4.69, 9.17) is 13.3 Å². The van der Waals surface area contributed by atoms with Crippen LogP contribution in [0.5, 0.6) is 0 Å². The van der Waals surface area contributed by atoms with Crippen LogP contribution in [0.1, 0.15) is 52.9 Å². The lowest BCUT2D eigenvalue weighted by Gasteiger charge is -2.36. The molecule has 1 unspecified atom stereocenters. The number of unbranched alkanes of at least 4 members (excludes halogenated alkanes) is 2. The highest BCUT2D eigenvalue weighted by Crippen LogP contribution is 2.37. The van der Waals surface area contributed by atoms with E-state index >= 15 is 0 Å². The molecule has 0 amide bonds. The van der Waals surface area contributed by atoms with Crippen molar-refractivity contribution in [2.24, 2.45) is 0 Å². The number of alkyl halides is 6. The zero-order valence-electron chi connectivity index (χ0n) is 14.2. The summed E-state index contributed by atoms with van der Waals surface area (Å²) in [6.45, 7) is 4.04. The van der Waals surface area contributed by atoms with Gasteiger partial charge in [0, 0.05) is 26.2 Å². The fourth-order valence-electron chi connectivity index (χ4n) is 2.18. The monoisotopic (exact) mass is 384 g/mol. The summed E-state index contributed by atoms with van der Waals surface area (Å²) in [5.74, 6) is 0. The van der Waals surface area contributed by atoms with E-state index in [1.807, 2.05) is 0 Å². The first kappa shape index (κ1) is 23.7. The number of halogens is 6. The molecule has 1 atom stereocenters. The van der Waals surface area contributed by atoms with Crippen LogP contribution in [0, 0.1) is 0 Å². The Balaban J connectivity index is 4.76. The Kier molecular flexibility index (Phi) is 10.5. The van der Waals surface area contributed by atoms with Gasteiger partial charge in [0.05, 0.1) is 0 Å². The van der Waals surface area contributed by atoms with E-state index in [1.165, 1.54) is 20.8 Å². The maximum Gasteiger partial charge on any atom is 0.577 e. The van der Waals surface area contributed by atoms with Crippen molar-refractivity contribution in [3.63, 3.8) is 0 Å². The molecule has 0 aromatic heterocycles. The third-order valence-electron chi connectivity index (χ3n) is 3.22. The Hall–Kier alpha value is -0.323. The van der Waals surface area contributed by atoms with Gasteiger partial charge in [0.25, 0.3) is 0 Å². The maximum atomic E-state index is 14.5. The lowest BCUT2D eigenvalue weighted by atomic mass is 10.1. The molecule has 0 heterocycles. The highest BCUT2D eigenvalue weighted by molar-refractivity contribution is 6.63. The van der Waals surface area contributed by atoms with E-state index in [0.717, 1.165) is 0 Å². The second kappa shape index (κ2) is 10.6. The molecule has 0 saturated carbocycles. The van der Waals surface area contributed by atoms with Crippen molar-refractivity contribution in [3.8, 4) is 0 Å². The zero-order valence-corrected chi connectivity index (χ0v) is 15.2. The van der Waals surface area contributed by atoms with Gasteiger partial charge < -0.3 is 13.3 Å². The van der Waals surface area contributed by atoms with Crippen molar-refractivity contribution in [1.82, 2.24) is 0 Å². The molecule has 24 heavy (non-hydrogen) atoms. The van der Waals surface area contributed by atoms with Crippen LogP contribution in [-0.4, -0.2) is 46.5 Å². The van der Waals surface area contributed by atoms with Crippen LogP contribution < -0.4 is 0 Å². The van der Waals surface area contributed by atoms with Crippen molar-refractivity contribution in [2.45, 2.75) is 70.8 Å². The molecule has 0 aliphatic rings. The topological polar surface area (TPSA) is 27.7 Å². The second-order valence-electron chi connectivity index (χ2n) is 5.16. The molecule has 0 spiro atoms. The molecule has 0 saturated heterocycles. The quantitative estimate of drug-likeness (QED) is 0.252. The van der Waals surface area contributed by atoms with E-state index < -0.39 is 39.5 Å². The summed E-state index contributed by atoms with van der Waals surface area (Å²) in [7, 11) is -4.57. The summed E-state index contributed by atoms with van der Waals surface area (Å²) in [6, 6.07) is 0. The Bertz CT molecular complexity index is 324. The van der Waals surface area contributed by atoms with Crippen LogP contribution in [-0.2, 0) is 13.3 Å². The predicted molar refractivity (Wildman–Crippen MR) is 79.6 cm³/mol. The van der Waals surface area contributed by atoms with Gasteiger partial charge in [0.1, 0.15) is 0 Å².